The third-order valence-electron chi connectivity index (χ3n) is 3.02. The standard InChI is InChI=1S/C15H17N3/c1-5-15(3,4)13-10-14(16)18(17-13)12-8-6-11(2)7-9-12/h1,6-10H,16H2,2-4H3. The summed E-state index contributed by atoms with van der Waals surface area (Å²) in [6.45, 7) is 5.95. The van der Waals surface area contributed by atoms with Gasteiger partial charge in [-0.05, 0) is 32.9 Å². The minimum absolute atomic E-state index is 0.413. The van der Waals surface area contributed by atoms with Gasteiger partial charge in [-0.15, -0.1) is 6.42 Å². The Balaban J connectivity index is 2.48. The molecule has 1 aromatic carbocycles. The molecule has 18 heavy (non-hydrogen) atoms. The Bertz CT molecular complexity index is 598. The van der Waals surface area contributed by atoms with Crippen LogP contribution in [-0.2, 0) is 5.41 Å². The molecule has 2 aromatic rings. The SMILES string of the molecule is C#CC(C)(C)c1cc(N)n(-c2ccc(C)cc2)n1. The van der Waals surface area contributed by atoms with Gasteiger partial charge in [0.1, 0.15) is 5.82 Å². The number of nitrogens with zero attached hydrogens (tertiary/aromatic N) is 2. The molecule has 1 aromatic heterocycles. The lowest BCUT2D eigenvalue weighted by Crippen LogP contribution is -2.15. The Labute approximate surface area is 108 Å². The summed E-state index contributed by atoms with van der Waals surface area (Å²) >= 11 is 0. The van der Waals surface area contributed by atoms with Gasteiger partial charge in [-0.25, -0.2) is 4.68 Å². The average Bonchev–Trinajstić information content (AvgIpc) is 2.73. The van der Waals surface area contributed by atoms with Gasteiger partial charge in [0.2, 0.25) is 0 Å². The van der Waals surface area contributed by atoms with Crippen LogP contribution in [0, 0.1) is 19.3 Å². The second-order valence-electron chi connectivity index (χ2n) is 4.97. The summed E-state index contributed by atoms with van der Waals surface area (Å²) in [7, 11) is 0. The van der Waals surface area contributed by atoms with Crippen molar-refractivity contribution in [2.75, 3.05) is 5.73 Å². The number of aromatic nitrogens is 2. The molecule has 3 nitrogen and oxygen atoms in total. The lowest BCUT2D eigenvalue weighted by molar-refractivity contribution is 0.653. The molecule has 1 heterocycles. The smallest absolute Gasteiger partial charge is 0.127 e. The van der Waals surface area contributed by atoms with Gasteiger partial charge in [-0.3, -0.25) is 0 Å². The zero-order valence-corrected chi connectivity index (χ0v) is 10.9. The van der Waals surface area contributed by atoms with Gasteiger partial charge in [0.25, 0.3) is 0 Å². The first-order valence-corrected chi connectivity index (χ1v) is 5.85. The Morgan fingerprint density at radius 2 is 1.89 bits per heavy atom. The molecule has 3 heteroatoms. The van der Waals surface area contributed by atoms with Crippen molar-refractivity contribution >= 4 is 5.82 Å². The number of benzene rings is 1. The summed E-state index contributed by atoms with van der Waals surface area (Å²) in [6, 6.07) is 9.88. The highest BCUT2D eigenvalue weighted by molar-refractivity contribution is 5.46. The van der Waals surface area contributed by atoms with Crippen molar-refractivity contribution in [3.05, 3.63) is 41.6 Å². The van der Waals surface area contributed by atoms with Gasteiger partial charge in [0.15, 0.2) is 0 Å². The molecular formula is C15H17N3. The molecule has 0 aliphatic rings. The quantitative estimate of drug-likeness (QED) is 0.819. The maximum atomic E-state index is 5.99. The molecule has 0 aliphatic carbocycles. The summed E-state index contributed by atoms with van der Waals surface area (Å²) in [4.78, 5) is 0. The Morgan fingerprint density at radius 1 is 1.28 bits per heavy atom. The van der Waals surface area contributed by atoms with Crippen LogP contribution in [0.5, 0.6) is 0 Å². The molecule has 0 bridgehead atoms. The fourth-order valence-corrected chi connectivity index (χ4v) is 1.67. The van der Waals surface area contributed by atoms with Gasteiger partial charge in [0, 0.05) is 6.07 Å². The van der Waals surface area contributed by atoms with E-state index in [0.717, 1.165) is 11.4 Å². The van der Waals surface area contributed by atoms with E-state index in [2.05, 4.69) is 11.0 Å². The number of terminal acetylenes is 1. The molecule has 92 valence electrons. The van der Waals surface area contributed by atoms with Crippen LogP contribution in [0.3, 0.4) is 0 Å². The Kier molecular flexibility index (Phi) is 2.88. The molecular weight excluding hydrogens is 222 g/mol. The molecule has 0 aliphatic heterocycles. The molecule has 0 spiro atoms. The Morgan fingerprint density at radius 3 is 2.44 bits per heavy atom. The van der Waals surface area contributed by atoms with Crippen LogP contribution in [0.15, 0.2) is 30.3 Å². The largest absolute Gasteiger partial charge is 0.384 e. The third-order valence-corrected chi connectivity index (χ3v) is 3.02. The van der Waals surface area contributed by atoms with E-state index in [1.165, 1.54) is 5.56 Å². The lowest BCUT2D eigenvalue weighted by Gasteiger charge is -2.13. The van der Waals surface area contributed by atoms with E-state index in [1.807, 2.05) is 51.1 Å². The maximum Gasteiger partial charge on any atom is 0.127 e. The fraction of sp³-hybridized carbons (Fsp3) is 0.267. The second kappa shape index (κ2) is 4.23. The van der Waals surface area contributed by atoms with Crippen LogP contribution in [-0.4, -0.2) is 9.78 Å². The average molecular weight is 239 g/mol. The van der Waals surface area contributed by atoms with E-state index in [9.17, 15) is 0 Å². The first kappa shape index (κ1) is 12.3. The topological polar surface area (TPSA) is 43.8 Å². The zero-order valence-electron chi connectivity index (χ0n) is 10.9. The molecule has 2 N–H and O–H groups in total. The van der Waals surface area contributed by atoms with Crippen molar-refractivity contribution in [3.63, 3.8) is 0 Å². The number of anilines is 1. The van der Waals surface area contributed by atoms with Crippen LogP contribution in [0.1, 0.15) is 25.1 Å². The van der Waals surface area contributed by atoms with E-state index in [0.29, 0.717) is 5.82 Å². The van der Waals surface area contributed by atoms with Crippen molar-refractivity contribution in [1.82, 2.24) is 9.78 Å². The number of hydrogen-bond acceptors (Lipinski definition) is 2. The van der Waals surface area contributed by atoms with E-state index in [4.69, 9.17) is 12.2 Å². The zero-order chi connectivity index (χ0) is 13.3. The van der Waals surface area contributed by atoms with Gasteiger partial charge < -0.3 is 5.73 Å². The van der Waals surface area contributed by atoms with E-state index in [-0.39, 0.29) is 0 Å². The highest BCUT2D eigenvalue weighted by atomic mass is 15.3. The molecule has 0 atom stereocenters. The highest BCUT2D eigenvalue weighted by Gasteiger charge is 2.22. The summed E-state index contributed by atoms with van der Waals surface area (Å²) < 4.78 is 1.72. The number of aryl methyl sites for hydroxylation is 1. The maximum absolute atomic E-state index is 5.99. The van der Waals surface area contributed by atoms with Gasteiger partial charge in [-0.2, -0.15) is 5.10 Å². The van der Waals surface area contributed by atoms with Crippen LogP contribution in [0.25, 0.3) is 5.69 Å². The number of nitrogen functional groups attached to an aromatic ring is 1. The second-order valence-corrected chi connectivity index (χ2v) is 4.97. The van der Waals surface area contributed by atoms with Crippen LogP contribution in [0.4, 0.5) is 5.82 Å². The highest BCUT2D eigenvalue weighted by Crippen LogP contribution is 2.24. The van der Waals surface area contributed by atoms with Gasteiger partial charge in [0.05, 0.1) is 16.8 Å². The summed E-state index contributed by atoms with van der Waals surface area (Å²) in [5, 5.41) is 4.50. The van der Waals surface area contributed by atoms with Crippen LogP contribution >= 0.6 is 0 Å². The monoisotopic (exact) mass is 239 g/mol. The molecule has 0 saturated heterocycles. The first-order chi connectivity index (χ1) is 8.44. The lowest BCUT2D eigenvalue weighted by atomic mass is 9.91. The third kappa shape index (κ3) is 2.10. The van der Waals surface area contributed by atoms with Crippen LogP contribution in [0.2, 0.25) is 0 Å². The number of rotatable bonds is 2. The molecule has 0 saturated carbocycles. The molecule has 0 radical (unpaired) electrons. The summed E-state index contributed by atoms with van der Waals surface area (Å²) in [5.41, 5.74) is 8.53. The van der Waals surface area contributed by atoms with Crippen molar-refractivity contribution in [2.45, 2.75) is 26.2 Å². The molecule has 0 amide bonds. The predicted molar refractivity (Wildman–Crippen MR) is 74.6 cm³/mol. The van der Waals surface area contributed by atoms with Crippen molar-refractivity contribution in [2.24, 2.45) is 0 Å². The minimum atomic E-state index is -0.413. The molecule has 0 fully saturated rings. The molecule has 0 unspecified atom stereocenters. The summed E-state index contributed by atoms with van der Waals surface area (Å²) in [5.74, 6) is 3.32. The Hall–Kier alpha value is -2.21. The van der Waals surface area contributed by atoms with Gasteiger partial charge >= 0.3 is 0 Å². The van der Waals surface area contributed by atoms with E-state index >= 15 is 0 Å². The summed E-state index contributed by atoms with van der Waals surface area (Å²) in [6.07, 6.45) is 5.52. The van der Waals surface area contributed by atoms with E-state index in [1.54, 1.807) is 4.68 Å². The van der Waals surface area contributed by atoms with Crippen molar-refractivity contribution in [3.8, 4) is 18.0 Å². The van der Waals surface area contributed by atoms with Gasteiger partial charge in [-0.1, -0.05) is 23.6 Å². The predicted octanol–water partition coefficient (Wildman–Crippen LogP) is 2.67. The molecule has 2 rings (SSSR count). The first-order valence-electron chi connectivity index (χ1n) is 5.85. The van der Waals surface area contributed by atoms with Crippen molar-refractivity contribution in [1.29, 1.82) is 0 Å². The normalized spacial score (nSPS) is 11.2. The number of nitrogens with two attached hydrogens (primary N) is 1. The van der Waals surface area contributed by atoms with E-state index < -0.39 is 5.41 Å². The fourth-order valence-electron chi connectivity index (χ4n) is 1.67. The number of hydrogen-bond donors (Lipinski definition) is 1. The van der Waals surface area contributed by atoms with Crippen molar-refractivity contribution < 1.29 is 0 Å². The minimum Gasteiger partial charge on any atom is -0.384 e. The van der Waals surface area contributed by atoms with Crippen LogP contribution < -0.4 is 5.73 Å².